The summed E-state index contributed by atoms with van der Waals surface area (Å²) < 4.78 is 25.0. The van der Waals surface area contributed by atoms with Gasteiger partial charge in [-0.15, -0.1) is 0 Å². The number of rotatable bonds is 5. The van der Waals surface area contributed by atoms with E-state index in [0.717, 1.165) is 0 Å². The molecule has 1 aromatic carbocycles. The number of amides is 1. The van der Waals surface area contributed by atoms with Crippen molar-refractivity contribution >= 4 is 23.6 Å². The molecule has 0 saturated carbocycles. The van der Waals surface area contributed by atoms with Gasteiger partial charge in [-0.1, -0.05) is 23.9 Å². The van der Waals surface area contributed by atoms with Crippen LogP contribution in [0.3, 0.4) is 0 Å². The highest BCUT2D eigenvalue weighted by Crippen LogP contribution is 2.30. The molecule has 1 amide bonds. The quantitative estimate of drug-likeness (QED) is 0.849. The molecule has 114 valence electrons. The smallest absolute Gasteiger partial charge is 0.303 e. The first-order valence-electron chi connectivity index (χ1n) is 6.52. The van der Waals surface area contributed by atoms with E-state index in [1.807, 2.05) is 0 Å². The lowest BCUT2D eigenvalue weighted by Crippen LogP contribution is -2.29. The number of hydrogen-bond donors (Lipinski definition) is 1. The minimum atomic E-state index is -2.59. The van der Waals surface area contributed by atoms with Crippen LogP contribution in [0.2, 0.25) is 0 Å². The second-order valence-electron chi connectivity index (χ2n) is 4.88. The number of aliphatic carboxylic acids is 1. The summed E-state index contributed by atoms with van der Waals surface area (Å²) in [6.07, 6.45) is 0.652. The molecule has 0 radical (unpaired) electrons. The summed E-state index contributed by atoms with van der Waals surface area (Å²) in [7, 11) is 0. The van der Waals surface area contributed by atoms with Crippen molar-refractivity contribution in [1.82, 2.24) is 4.90 Å². The molecule has 0 aliphatic carbocycles. The Morgan fingerprint density at radius 2 is 2.10 bits per heavy atom. The molecule has 2 rings (SSSR count). The van der Waals surface area contributed by atoms with E-state index in [-0.39, 0.29) is 28.7 Å². The molecule has 0 bridgehead atoms. The number of likely N-dealkylation sites (tertiary alicyclic amines) is 1. The van der Waals surface area contributed by atoms with Crippen molar-refractivity contribution in [2.24, 2.45) is 5.92 Å². The van der Waals surface area contributed by atoms with E-state index < -0.39 is 11.7 Å². The molecule has 1 saturated heterocycles. The van der Waals surface area contributed by atoms with Gasteiger partial charge in [-0.2, -0.15) is 8.78 Å². The Morgan fingerprint density at radius 1 is 1.38 bits per heavy atom. The third kappa shape index (κ3) is 4.17. The predicted molar refractivity (Wildman–Crippen MR) is 74.6 cm³/mol. The molecular formula is C14H15F2NO3S. The van der Waals surface area contributed by atoms with E-state index in [2.05, 4.69) is 0 Å². The maximum absolute atomic E-state index is 12.5. The Bertz CT molecular complexity index is 539. The van der Waals surface area contributed by atoms with Crippen LogP contribution in [0.4, 0.5) is 8.78 Å². The van der Waals surface area contributed by atoms with Crippen LogP contribution in [-0.2, 0) is 4.79 Å². The van der Waals surface area contributed by atoms with Gasteiger partial charge < -0.3 is 10.0 Å². The molecule has 1 aliphatic heterocycles. The van der Waals surface area contributed by atoms with E-state index in [4.69, 9.17) is 5.11 Å². The van der Waals surface area contributed by atoms with Crippen molar-refractivity contribution in [2.45, 2.75) is 23.5 Å². The van der Waals surface area contributed by atoms with Crippen molar-refractivity contribution < 1.29 is 23.5 Å². The fraction of sp³-hybridized carbons (Fsp3) is 0.429. The van der Waals surface area contributed by atoms with Gasteiger partial charge in [0.25, 0.3) is 11.7 Å². The Balaban J connectivity index is 2.09. The molecule has 0 aromatic heterocycles. The summed E-state index contributed by atoms with van der Waals surface area (Å²) in [5.74, 6) is -3.85. The summed E-state index contributed by atoms with van der Waals surface area (Å²) in [5, 5.41) is 8.77. The Labute approximate surface area is 125 Å². The molecule has 1 atom stereocenters. The third-order valence-corrected chi connectivity index (χ3v) is 4.16. The number of nitrogens with zero attached hydrogens (tertiary/aromatic N) is 1. The molecule has 7 heteroatoms. The number of hydrogen-bond acceptors (Lipinski definition) is 3. The summed E-state index contributed by atoms with van der Waals surface area (Å²) >= 11 is 0.349. The number of carboxylic acid groups (broad SMARTS) is 1. The van der Waals surface area contributed by atoms with Crippen LogP contribution in [0.25, 0.3) is 0 Å². The number of halogens is 2. The summed E-state index contributed by atoms with van der Waals surface area (Å²) in [6, 6.07) is 6.26. The van der Waals surface area contributed by atoms with Crippen molar-refractivity contribution in [3.8, 4) is 0 Å². The molecule has 1 N–H and O–H groups in total. The van der Waals surface area contributed by atoms with Gasteiger partial charge >= 0.3 is 5.97 Å². The average molecular weight is 315 g/mol. The standard InChI is InChI=1S/C14H15F2NO3S/c15-14(16)21-11-4-2-1-3-10(11)13(20)17-6-5-9(8-17)7-12(18)19/h1-4,9,14H,5-8H2,(H,18,19). The zero-order valence-electron chi connectivity index (χ0n) is 11.2. The average Bonchev–Trinajstić information content (AvgIpc) is 2.85. The van der Waals surface area contributed by atoms with Crippen LogP contribution >= 0.6 is 11.8 Å². The number of alkyl halides is 2. The Morgan fingerprint density at radius 3 is 2.76 bits per heavy atom. The molecule has 21 heavy (non-hydrogen) atoms. The second kappa shape index (κ2) is 6.89. The van der Waals surface area contributed by atoms with Crippen LogP contribution < -0.4 is 0 Å². The van der Waals surface area contributed by atoms with Crippen LogP contribution in [-0.4, -0.2) is 40.7 Å². The highest BCUT2D eigenvalue weighted by molar-refractivity contribution is 7.99. The van der Waals surface area contributed by atoms with E-state index in [0.29, 0.717) is 31.3 Å². The first-order valence-corrected chi connectivity index (χ1v) is 7.40. The van der Waals surface area contributed by atoms with Crippen molar-refractivity contribution in [1.29, 1.82) is 0 Å². The maximum atomic E-state index is 12.5. The predicted octanol–water partition coefficient (Wildman–Crippen LogP) is 2.94. The number of thioether (sulfide) groups is 1. The highest BCUT2D eigenvalue weighted by atomic mass is 32.2. The van der Waals surface area contributed by atoms with E-state index in [1.165, 1.54) is 12.1 Å². The van der Waals surface area contributed by atoms with Crippen molar-refractivity contribution in [2.75, 3.05) is 13.1 Å². The minimum absolute atomic E-state index is 0.0250. The largest absolute Gasteiger partial charge is 0.481 e. The topological polar surface area (TPSA) is 57.6 Å². The number of carboxylic acids is 1. The van der Waals surface area contributed by atoms with Crippen LogP contribution in [0, 0.1) is 5.92 Å². The SMILES string of the molecule is O=C(O)CC1CCN(C(=O)c2ccccc2SC(F)F)C1. The zero-order valence-corrected chi connectivity index (χ0v) is 12.0. The fourth-order valence-corrected chi connectivity index (χ4v) is 3.07. The monoisotopic (exact) mass is 315 g/mol. The lowest BCUT2D eigenvalue weighted by molar-refractivity contribution is -0.138. The molecular weight excluding hydrogens is 300 g/mol. The number of carbonyl (C=O) groups excluding carboxylic acids is 1. The second-order valence-corrected chi connectivity index (χ2v) is 5.91. The number of carbonyl (C=O) groups is 2. The molecule has 1 aliphatic rings. The van der Waals surface area contributed by atoms with Gasteiger partial charge in [0.05, 0.1) is 5.56 Å². The van der Waals surface area contributed by atoms with E-state index in [9.17, 15) is 18.4 Å². The Kier molecular flexibility index (Phi) is 5.17. The maximum Gasteiger partial charge on any atom is 0.303 e. The van der Waals surface area contributed by atoms with Gasteiger partial charge in [0.15, 0.2) is 0 Å². The van der Waals surface area contributed by atoms with Crippen LogP contribution in [0.15, 0.2) is 29.2 Å². The summed E-state index contributed by atoms with van der Waals surface area (Å²) in [5.41, 5.74) is 0.249. The van der Waals surface area contributed by atoms with Gasteiger partial charge in [-0.05, 0) is 24.5 Å². The molecule has 1 fully saturated rings. The van der Waals surface area contributed by atoms with Gasteiger partial charge in [0.2, 0.25) is 0 Å². The molecule has 0 spiro atoms. The van der Waals surface area contributed by atoms with E-state index in [1.54, 1.807) is 17.0 Å². The summed E-state index contributed by atoms with van der Waals surface area (Å²) in [6.45, 7) is 0.823. The normalized spacial score (nSPS) is 18.2. The Hall–Kier alpha value is -1.63. The van der Waals surface area contributed by atoms with Crippen LogP contribution in [0.1, 0.15) is 23.2 Å². The highest BCUT2D eigenvalue weighted by Gasteiger charge is 2.29. The van der Waals surface area contributed by atoms with Crippen molar-refractivity contribution in [3.05, 3.63) is 29.8 Å². The lowest BCUT2D eigenvalue weighted by Gasteiger charge is -2.18. The summed E-state index contributed by atoms with van der Waals surface area (Å²) in [4.78, 5) is 24.9. The molecule has 4 nitrogen and oxygen atoms in total. The molecule has 1 aromatic rings. The fourth-order valence-electron chi connectivity index (χ4n) is 2.44. The lowest BCUT2D eigenvalue weighted by atomic mass is 10.1. The molecule has 1 heterocycles. The molecule has 1 unspecified atom stereocenters. The first-order chi connectivity index (χ1) is 9.97. The van der Waals surface area contributed by atoms with Gasteiger partial charge in [-0.25, -0.2) is 0 Å². The third-order valence-electron chi connectivity index (χ3n) is 3.37. The van der Waals surface area contributed by atoms with Gasteiger partial charge in [0.1, 0.15) is 0 Å². The van der Waals surface area contributed by atoms with Gasteiger partial charge in [0, 0.05) is 24.4 Å². The first kappa shape index (κ1) is 15.8. The van der Waals surface area contributed by atoms with E-state index >= 15 is 0 Å². The van der Waals surface area contributed by atoms with Crippen molar-refractivity contribution in [3.63, 3.8) is 0 Å². The minimum Gasteiger partial charge on any atom is -0.481 e. The zero-order chi connectivity index (χ0) is 15.4. The van der Waals surface area contributed by atoms with Crippen LogP contribution in [0.5, 0.6) is 0 Å². The van der Waals surface area contributed by atoms with Gasteiger partial charge in [-0.3, -0.25) is 9.59 Å². The number of benzene rings is 1.